The topological polar surface area (TPSA) is 53.4 Å². The van der Waals surface area contributed by atoms with Crippen LogP contribution in [0.3, 0.4) is 0 Å². The smallest absolute Gasteiger partial charge is 0.253 e. The molecule has 2 aromatic rings. The van der Waals surface area contributed by atoms with Crippen LogP contribution < -0.4 is 0 Å². The van der Waals surface area contributed by atoms with Gasteiger partial charge in [-0.1, -0.05) is 0 Å². The maximum Gasteiger partial charge on any atom is 0.253 e. The summed E-state index contributed by atoms with van der Waals surface area (Å²) in [6.45, 7) is 1.71. The van der Waals surface area contributed by atoms with Crippen molar-refractivity contribution in [2.75, 3.05) is 19.7 Å². The summed E-state index contributed by atoms with van der Waals surface area (Å²) in [6.07, 6.45) is 1.79. The Hall–Kier alpha value is -1.46. The predicted molar refractivity (Wildman–Crippen MR) is 75.3 cm³/mol. The van der Waals surface area contributed by atoms with Gasteiger partial charge < -0.3 is 10.0 Å². The Morgan fingerprint density at radius 1 is 1.42 bits per heavy atom. The molecule has 1 aliphatic rings. The van der Waals surface area contributed by atoms with Gasteiger partial charge in [0.25, 0.3) is 5.91 Å². The van der Waals surface area contributed by atoms with Crippen molar-refractivity contribution >= 4 is 27.5 Å². The quantitative estimate of drug-likeness (QED) is 0.914. The van der Waals surface area contributed by atoms with Crippen molar-refractivity contribution < 1.29 is 9.90 Å². The van der Waals surface area contributed by atoms with Gasteiger partial charge in [-0.05, 0) is 37.0 Å². The Labute approximate surface area is 115 Å². The Bertz CT molecular complexity index is 588. The van der Waals surface area contributed by atoms with Gasteiger partial charge in [-0.2, -0.15) is 0 Å². The standard InChI is InChI=1S/C14H16N2O2S/c17-8-10-3-5-16(6-4-10)14(18)11-1-2-12-13(7-11)19-9-15-12/h1-2,7,9-10,17H,3-6,8H2. The lowest BCUT2D eigenvalue weighted by molar-refractivity contribution is 0.0651. The largest absolute Gasteiger partial charge is 0.396 e. The number of nitrogens with zero attached hydrogens (tertiary/aromatic N) is 2. The maximum atomic E-state index is 12.4. The molecule has 4 nitrogen and oxygen atoms in total. The van der Waals surface area contributed by atoms with Gasteiger partial charge in [-0.25, -0.2) is 4.98 Å². The van der Waals surface area contributed by atoms with E-state index in [0.717, 1.165) is 41.7 Å². The van der Waals surface area contributed by atoms with Crippen molar-refractivity contribution in [1.82, 2.24) is 9.88 Å². The van der Waals surface area contributed by atoms with Gasteiger partial charge in [-0.15, -0.1) is 11.3 Å². The average Bonchev–Trinajstić information content (AvgIpc) is 2.94. The SMILES string of the molecule is O=C(c1ccc2ncsc2c1)N1CCC(CO)CC1. The fourth-order valence-corrected chi connectivity index (χ4v) is 3.21. The molecule has 0 spiro atoms. The average molecular weight is 276 g/mol. The molecule has 0 atom stereocenters. The van der Waals surface area contributed by atoms with E-state index in [1.165, 1.54) is 0 Å². The summed E-state index contributed by atoms with van der Waals surface area (Å²) in [6, 6.07) is 5.68. The number of fused-ring (bicyclic) bond motifs is 1. The molecule has 1 N–H and O–H groups in total. The van der Waals surface area contributed by atoms with Crippen LogP contribution in [-0.4, -0.2) is 40.6 Å². The number of rotatable bonds is 2. The molecule has 1 aromatic carbocycles. The monoisotopic (exact) mass is 276 g/mol. The summed E-state index contributed by atoms with van der Waals surface area (Å²) in [5.41, 5.74) is 3.48. The molecular weight excluding hydrogens is 260 g/mol. The molecule has 19 heavy (non-hydrogen) atoms. The van der Waals surface area contributed by atoms with Gasteiger partial charge in [0.2, 0.25) is 0 Å². The van der Waals surface area contributed by atoms with Gasteiger partial charge in [0, 0.05) is 25.3 Å². The zero-order chi connectivity index (χ0) is 13.2. The molecule has 5 heteroatoms. The van der Waals surface area contributed by atoms with Crippen LogP contribution in [0.15, 0.2) is 23.7 Å². The Kier molecular flexibility index (Phi) is 3.48. The Morgan fingerprint density at radius 2 is 2.21 bits per heavy atom. The molecule has 1 aliphatic heterocycles. The molecule has 1 amide bonds. The second kappa shape index (κ2) is 5.27. The van der Waals surface area contributed by atoms with Crippen LogP contribution in [0.4, 0.5) is 0 Å². The number of benzene rings is 1. The summed E-state index contributed by atoms with van der Waals surface area (Å²) >= 11 is 1.55. The summed E-state index contributed by atoms with van der Waals surface area (Å²) in [5, 5.41) is 9.12. The molecule has 1 fully saturated rings. The van der Waals surface area contributed by atoms with E-state index in [1.807, 2.05) is 23.1 Å². The molecule has 0 aliphatic carbocycles. The summed E-state index contributed by atoms with van der Waals surface area (Å²) in [4.78, 5) is 18.5. The summed E-state index contributed by atoms with van der Waals surface area (Å²) in [7, 11) is 0. The second-order valence-electron chi connectivity index (χ2n) is 4.95. The minimum absolute atomic E-state index is 0.0895. The number of piperidine rings is 1. The highest BCUT2D eigenvalue weighted by Crippen LogP contribution is 2.22. The molecule has 0 bridgehead atoms. The van der Waals surface area contributed by atoms with Crippen LogP contribution in [0.1, 0.15) is 23.2 Å². The molecule has 2 heterocycles. The molecule has 0 unspecified atom stereocenters. The number of carbonyl (C=O) groups is 1. The number of carbonyl (C=O) groups excluding carboxylic acids is 1. The van der Waals surface area contributed by atoms with E-state index in [0.29, 0.717) is 5.92 Å². The van der Waals surface area contributed by atoms with Crippen molar-refractivity contribution in [3.63, 3.8) is 0 Å². The Morgan fingerprint density at radius 3 is 2.95 bits per heavy atom. The highest BCUT2D eigenvalue weighted by Gasteiger charge is 2.23. The first-order valence-corrected chi connectivity index (χ1v) is 7.39. The molecule has 0 radical (unpaired) electrons. The number of hydrogen-bond donors (Lipinski definition) is 1. The van der Waals surface area contributed by atoms with Gasteiger partial charge in [-0.3, -0.25) is 4.79 Å². The third kappa shape index (κ3) is 2.48. The minimum atomic E-state index is 0.0895. The molecule has 1 aromatic heterocycles. The van der Waals surface area contributed by atoms with Gasteiger partial charge in [0.1, 0.15) is 0 Å². The van der Waals surface area contributed by atoms with Gasteiger partial charge in [0.05, 0.1) is 15.7 Å². The van der Waals surface area contributed by atoms with Crippen molar-refractivity contribution in [2.24, 2.45) is 5.92 Å². The normalized spacial score (nSPS) is 17.0. The number of thiazole rings is 1. The van der Waals surface area contributed by atoms with Gasteiger partial charge >= 0.3 is 0 Å². The van der Waals surface area contributed by atoms with Crippen molar-refractivity contribution in [2.45, 2.75) is 12.8 Å². The van der Waals surface area contributed by atoms with E-state index in [1.54, 1.807) is 16.8 Å². The van der Waals surface area contributed by atoms with Crippen LogP contribution in [0.5, 0.6) is 0 Å². The molecule has 1 saturated heterocycles. The van der Waals surface area contributed by atoms with E-state index >= 15 is 0 Å². The second-order valence-corrected chi connectivity index (χ2v) is 5.84. The molecule has 3 rings (SSSR count). The maximum absolute atomic E-state index is 12.4. The first-order valence-electron chi connectivity index (χ1n) is 6.51. The van der Waals surface area contributed by atoms with Gasteiger partial charge in [0.15, 0.2) is 0 Å². The lowest BCUT2D eigenvalue weighted by Gasteiger charge is -2.31. The summed E-state index contributed by atoms with van der Waals surface area (Å²) in [5.74, 6) is 0.444. The van der Waals surface area contributed by atoms with E-state index < -0.39 is 0 Å². The lowest BCUT2D eigenvalue weighted by Crippen LogP contribution is -2.39. The molecular formula is C14H16N2O2S. The van der Waals surface area contributed by atoms with E-state index in [-0.39, 0.29) is 12.5 Å². The van der Waals surface area contributed by atoms with E-state index in [2.05, 4.69) is 4.98 Å². The van der Waals surface area contributed by atoms with Crippen molar-refractivity contribution in [3.05, 3.63) is 29.3 Å². The number of aliphatic hydroxyl groups excluding tert-OH is 1. The van der Waals surface area contributed by atoms with Crippen LogP contribution in [0, 0.1) is 5.92 Å². The van der Waals surface area contributed by atoms with Crippen LogP contribution >= 0.6 is 11.3 Å². The fraction of sp³-hybridized carbons (Fsp3) is 0.429. The van der Waals surface area contributed by atoms with E-state index in [9.17, 15) is 4.79 Å². The first kappa shape index (κ1) is 12.6. The zero-order valence-electron chi connectivity index (χ0n) is 10.6. The van der Waals surface area contributed by atoms with Crippen LogP contribution in [-0.2, 0) is 0 Å². The van der Waals surface area contributed by atoms with Crippen molar-refractivity contribution in [3.8, 4) is 0 Å². The highest BCUT2D eigenvalue weighted by atomic mass is 32.1. The van der Waals surface area contributed by atoms with E-state index in [4.69, 9.17) is 5.11 Å². The Balaban J connectivity index is 1.76. The lowest BCUT2D eigenvalue weighted by atomic mass is 9.97. The van der Waals surface area contributed by atoms with Crippen LogP contribution in [0.2, 0.25) is 0 Å². The third-order valence-electron chi connectivity index (χ3n) is 3.74. The molecule has 100 valence electrons. The summed E-state index contributed by atoms with van der Waals surface area (Å²) < 4.78 is 1.05. The zero-order valence-corrected chi connectivity index (χ0v) is 11.4. The highest BCUT2D eigenvalue weighted by molar-refractivity contribution is 7.16. The fourth-order valence-electron chi connectivity index (χ4n) is 2.49. The number of likely N-dealkylation sites (tertiary alicyclic amines) is 1. The predicted octanol–water partition coefficient (Wildman–Crippen LogP) is 2.14. The number of aliphatic hydroxyl groups is 1. The number of amides is 1. The van der Waals surface area contributed by atoms with Crippen LogP contribution in [0.25, 0.3) is 10.2 Å². The first-order chi connectivity index (χ1) is 9.28. The third-order valence-corrected chi connectivity index (χ3v) is 4.53. The minimum Gasteiger partial charge on any atom is -0.396 e. The number of hydrogen-bond acceptors (Lipinski definition) is 4. The van der Waals surface area contributed by atoms with Crippen molar-refractivity contribution in [1.29, 1.82) is 0 Å². The molecule has 0 saturated carbocycles. The number of aromatic nitrogens is 1.